The Balaban J connectivity index is 0.990. The maximum absolute atomic E-state index is 14.1. The second-order valence-corrected chi connectivity index (χ2v) is 19.0. The molecule has 0 saturated carbocycles. The molecular formula is C53H57N5O9S. The van der Waals surface area contributed by atoms with Crippen LogP contribution in [0.5, 0.6) is 23.0 Å². The van der Waals surface area contributed by atoms with E-state index in [1.165, 1.54) is 0 Å². The minimum absolute atomic E-state index is 0.139. The number of ether oxygens (including phenoxy) is 7. The van der Waals surface area contributed by atoms with Crippen LogP contribution >= 0.6 is 12.6 Å². The summed E-state index contributed by atoms with van der Waals surface area (Å²) in [6.45, 7) is 8.05. The number of carbonyl (C=O) groups excluding carboxylic acids is 2. The van der Waals surface area contributed by atoms with Crippen LogP contribution in [0.4, 0.5) is 28.4 Å². The fourth-order valence-corrected chi connectivity index (χ4v) is 9.37. The van der Waals surface area contributed by atoms with Gasteiger partial charge in [-0.3, -0.25) is 29.4 Å². The molecule has 5 aromatic carbocycles. The van der Waals surface area contributed by atoms with Crippen LogP contribution in [0.15, 0.2) is 101 Å². The highest BCUT2D eigenvalue weighted by molar-refractivity contribution is 7.81. The second-order valence-electron chi connectivity index (χ2n) is 17.8. The first-order valence-corrected chi connectivity index (χ1v) is 23.3. The van der Waals surface area contributed by atoms with Gasteiger partial charge in [-0.05, 0) is 78.6 Å². The standard InChI is InChI=1S/C53H57N5O9S/c1-53(2,68)33-56(14-15-64-18-19-65-17-16-61-3)38-21-34(31-66-49-27-43-41(25-47(49)62-4)51(59)57-39(29-54-43)23-36-10-6-8-12-45(36)57)20-35(22-38)32-67-50-28-44-42(26-48(50)63-5)52(60)58-40(30-55-44)24-37-11-7-9-13-46(37)58/h6-13,20-22,25-30,39-40,68H,14-19,23-24,31-33H2,1-5H3/t39-,40-/m0/s1. The number of thiol groups is 1. The van der Waals surface area contributed by atoms with Crippen molar-refractivity contribution in [3.8, 4) is 23.0 Å². The van der Waals surface area contributed by atoms with E-state index in [0.29, 0.717) is 104 Å². The number of benzene rings is 5. The first kappa shape index (κ1) is 46.7. The SMILES string of the molecule is COCCOCCOCCN(CC(C)(C)S)c1cc(COc2cc3c(cc2OC)C(=O)N2c4ccccc4C[C@H]2C=N3)cc(COc2cc3c(cc2OC)C(=O)N2c4ccccc4C[C@H]2C=N3)c1. The van der Waals surface area contributed by atoms with E-state index in [4.69, 9.17) is 55.8 Å². The number of amides is 2. The molecule has 0 spiro atoms. The van der Waals surface area contributed by atoms with Crippen LogP contribution < -0.4 is 33.6 Å². The summed E-state index contributed by atoms with van der Waals surface area (Å²) in [5.41, 5.74) is 8.54. The predicted molar refractivity (Wildman–Crippen MR) is 268 cm³/mol. The topological polar surface area (TPSA) is 133 Å². The van der Waals surface area contributed by atoms with Gasteiger partial charge < -0.3 is 38.1 Å². The van der Waals surface area contributed by atoms with Crippen molar-refractivity contribution in [2.24, 2.45) is 9.98 Å². The highest BCUT2D eigenvalue weighted by Gasteiger charge is 2.38. The monoisotopic (exact) mass is 939 g/mol. The van der Waals surface area contributed by atoms with Crippen LogP contribution in [-0.4, -0.2) is 109 Å². The molecule has 2 atom stereocenters. The molecule has 15 heteroatoms. The predicted octanol–water partition coefficient (Wildman–Crippen LogP) is 8.63. The minimum Gasteiger partial charge on any atom is -0.493 e. The number of methoxy groups -OCH3 is 3. The van der Waals surface area contributed by atoms with E-state index in [1.807, 2.05) is 64.7 Å². The van der Waals surface area contributed by atoms with Gasteiger partial charge in [-0.15, -0.1) is 0 Å². The Morgan fingerprint density at radius 3 is 1.60 bits per heavy atom. The number of anilines is 3. The van der Waals surface area contributed by atoms with Gasteiger partial charge in [0, 0.05) is 79.4 Å². The molecule has 5 aromatic rings. The molecular weight excluding hydrogens is 883 g/mol. The number of rotatable bonds is 20. The second kappa shape index (κ2) is 20.5. The zero-order valence-corrected chi connectivity index (χ0v) is 40.0. The van der Waals surface area contributed by atoms with Crippen LogP contribution in [0, 0.1) is 0 Å². The number of hydrogen-bond donors (Lipinski definition) is 1. The van der Waals surface area contributed by atoms with E-state index in [0.717, 1.165) is 39.3 Å². The Kier molecular flexibility index (Phi) is 14.1. The molecule has 4 aliphatic rings. The zero-order chi connectivity index (χ0) is 47.4. The molecule has 0 radical (unpaired) electrons. The first-order valence-electron chi connectivity index (χ1n) is 22.9. The normalized spacial score (nSPS) is 16.6. The van der Waals surface area contributed by atoms with Crippen molar-refractivity contribution in [3.05, 3.63) is 124 Å². The largest absolute Gasteiger partial charge is 0.493 e. The molecule has 0 aromatic heterocycles. The van der Waals surface area contributed by atoms with Crippen molar-refractivity contribution in [1.29, 1.82) is 0 Å². The number of para-hydroxylation sites is 2. The van der Waals surface area contributed by atoms with Gasteiger partial charge in [0.15, 0.2) is 23.0 Å². The van der Waals surface area contributed by atoms with E-state index in [-0.39, 0.29) is 41.9 Å². The lowest BCUT2D eigenvalue weighted by molar-refractivity contribution is 0.0264. The number of nitrogens with zero attached hydrogens (tertiary/aromatic N) is 5. The summed E-state index contributed by atoms with van der Waals surface area (Å²) in [4.78, 5) is 43.7. The number of aliphatic imine (C=N–C) groups is 2. The van der Waals surface area contributed by atoms with Crippen molar-refractivity contribution in [2.45, 2.75) is 56.7 Å². The van der Waals surface area contributed by atoms with Crippen molar-refractivity contribution in [3.63, 3.8) is 0 Å². The fourth-order valence-electron chi connectivity index (χ4n) is 9.20. The maximum Gasteiger partial charge on any atom is 0.261 e. The van der Waals surface area contributed by atoms with Crippen LogP contribution in [0.25, 0.3) is 0 Å². The number of hydrogen-bond acceptors (Lipinski definition) is 13. The van der Waals surface area contributed by atoms with Crippen LogP contribution in [0.2, 0.25) is 0 Å². The molecule has 14 nitrogen and oxygen atoms in total. The van der Waals surface area contributed by atoms with Crippen molar-refractivity contribution >= 4 is 65.3 Å². The van der Waals surface area contributed by atoms with Gasteiger partial charge in [-0.25, -0.2) is 0 Å². The molecule has 0 saturated heterocycles. The van der Waals surface area contributed by atoms with Crippen molar-refractivity contribution in [2.75, 3.05) is 82.2 Å². The Hall–Kier alpha value is -6.39. The highest BCUT2D eigenvalue weighted by atomic mass is 32.1. The molecule has 4 heterocycles. The number of carbonyl (C=O) groups is 2. The van der Waals surface area contributed by atoms with Crippen LogP contribution in [0.1, 0.15) is 56.8 Å². The lowest BCUT2D eigenvalue weighted by atomic mass is 10.1. The summed E-state index contributed by atoms with van der Waals surface area (Å²) in [5, 5.41) is 0. The Morgan fingerprint density at radius 2 is 1.12 bits per heavy atom. The summed E-state index contributed by atoms with van der Waals surface area (Å²) in [5.74, 6) is 1.46. The smallest absolute Gasteiger partial charge is 0.261 e. The maximum atomic E-state index is 14.1. The van der Waals surface area contributed by atoms with Crippen LogP contribution in [-0.2, 0) is 40.3 Å². The van der Waals surface area contributed by atoms with Crippen LogP contribution in [0.3, 0.4) is 0 Å². The van der Waals surface area contributed by atoms with Crippen molar-refractivity contribution < 1.29 is 42.7 Å². The molecule has 0 bridgehead atoms. The zero-order valence-electron chi connectivity index (χ0n) is 39.1. The van der Waals surface area contributed by atoms with Gasteiger partial charge in [0.2, 0.25) is 0 Å². The summed E-state index contributed by atoms with van der Waals surface area (Å²) in [7, 11) is 4.77. The van der Waals surface area contributed by atoms with Gasteiger partial charge >= 0.3 is 0 Å². The van der Waals surface area contributed by atoms with Gasteiger partial charge in [0.25, 0.3) is 11.8 Å². The van der Waals surface area contributed by atoms with E-state index in [9.17, 15) is 9.59 Å². The number of fused-ring (bicyclic) bond motifs is 8. The average molecular weight is 940 g/mol. The third-order valence-electron chi connectivity index (χ3n) is 12.3. The third kappa shape index (κ3) is 10.1. The van der Waals surface area contributed by atoms with Gasteiger partial charge in [-0.1, -0.05) is 36.4 Å². The molecule has 0 aliphatic carbocycles. The Morgan fingerprint density at radius 1 is 0.632 bits per heavy atom. The fraction of sp³-hybridized carbons (Fsp3) is 0.358. The summed E-state index contributed by atoms with van der Waals surface area (Å²) in [6, 6.07) is 28.8. The summed E-state index contributed by atoms with van der Waals surface area (Å²) >= 11 is 4.94. The van der Waals surface area contributed by atoms with E-state index in [1.54, 1.807) is 45.6 Å². The van der Waals surface area contributed by atoms with E-state index >= 15 is 0 Å². The molecule has 68 heavy (non-hydrogen) atoms. The average Bonchev–Trinajstić information content (AvgIpc) is 3.83. The third-order valence-corrected chi connectivity index (χ3v) is 12.5. The van der Waals surface area contributed by atoms with E-state index in [2.05, 4.69) is 43.0 Å². The Bertz CT molecular complexity index is 2580. The lowest BCUT2D eigenvalue weighted by Crippen LogP contribution is -2.37. The van der Waals surface area contributed by atoms with Gasteiger partial charge in [-0.2, -0.15) is 12.6 Å². The molecule has 0 unspecified atom stereocenters. The first-order chi connectivity index (χ1) is 33.0. The summed E-state index contributed by atoms with van der Waals surface area (Å²) < 4.78 is 41.2. The molecule has 2 amide bonds. The molecule has 0 N–H and O–H groups in total. The quantitative estimate of drug-likeness (QED) is 0.0598. The molecule has 0 fully saturated rings. The van der Waals surface area contributed by atoms with Crippen molar-refractivity contribution in [1.82, 2.24) is 0 Å². The van der Waals surface area contributed by atoms with E-state index < -0.39 is 0 Å². The summed E-state index contributed by atoms with van der Waals surface area (Å²) in [6.07, 6.45) is 5.08. The van der Waals surface area contributed by atoms with Gasteiger partial charge in [0.05, 0.1) is 81.8 Å². The Labute approximate surface area is 402 Å². The highest BCUT2D eigenvalue weighted by Crippen LogP contribution is 2.43. The molecule has 354 valence electrons. The minimum atomic E-state index is -0.360. The lowest BCUT2D eigenvalue weighted by Gasteiger charge is -2.32. The molecule has 4 aliphatic heterocycles. The molecule has 9 rings (SSSR count). The van der Waals surface area contributed by atoms with Gasteiger partial charge in [0.1, 0.15) is 13.2 Å².